The molecule has 1 aliphatic rings. The normalized spacial score (nSPS) is 23.5. The highest BCUT2D eigenvalue weighted by atomic mass is 32.1. The Morgan fingerprint density at radius 1 is 1.44 bits per heavy atom. The van der Waals surface area contributed by atoms with Crippen molar-refractivity contribution in [2.75, 3.05) is 11.4 Å². The van der Waals surface area contributed by atoms with Crippen LogP contribution in [0.3, 0.4) is 0 Å². The van der Waals surface area contributed by atoms with Gasteiger partial charge < -0.3 is 10.6 Å². The van der Waals surface area contributed by atoms with Crippen molar-refractivity contribution in [3.05, 3.63) is 10.6 Å². The van der Waals surface area contributed by atoms with Gasteiger partial charge in [-0.15, -0.1) is 11.3 Å². The molecule has 0 amide bonds. The van der Waals surface area contributed by atoms with Crippen LogP contribution < -0.4 is 10.6 Å². The highest BCUT2D eigenvalue weighted by molar-refractivity contribution is 7.15. The largest absolute Gasteiger partial charge is 0.344 e. The molecule has 0 radical (unpaired) electrons. The first-order valence-electron chi connectivity index (χ1n) is 6.06. The fraction of sp³-hybridized carbons (Fsp3) is 0.750. The lowest BCUT2D eigenvalue weighted by atomic mass is 9.98. The van der Waals surface area contributed by atoms with Gasteiger partial charge in [0.2, 0.25) is 0 Å². The van der Waals surface area contributed by atoms with Crippen LogP contribution in [0, 0.1) is 13.8 Å². The average molecular weight is 239 g/mol. The van der Waals surface area contributed by atoms with Crippen molar-refractivity contribution in [2.45, 2.75) is 52.1 Å². The third kappa shape index (κ3) is 2.23. The molecule has 1 aliphatic heterocycles. The fourth-order valence-electron chi connectivity index (χ4n) is 2.32. The molecule has 2 N–H and O–H groups in total. The maximum Gasteiger partial charge on any atom is 0.186 e. The van der Waals surface area contributed by atoms with Crippen molar-refractivity contribution in [3.63, 3.8) is 0 Å². The van der Waals surface area contributed by atoms with Gasteiger partial charge in [0.05, 0.1) is 5.69 Å². The van der Waals surface area contributed by atoms with Gasteiger partial charge in [-0.2, -0.15) is 0 Å². The molecule has 2 unspecified atom stereocenters. The zero-order valence-electron chi connectivity index (χ0n) is 10.4. The minimum Gasteiger partial charge on any atom is -0.344 e. The Kier molecular flexibility index (Phi) is 3.50. The second-order valence-electron chi connectivity index (χ2n) is 4.75. The van der Waals surface area contributed by atoms with Crippen LogP contribution >= 0.6 is 11.3 Å². The molecule has 4 heteroatoms. The summed E-state index contributed by atoms with van der Waals surface area (Å²) in [5.74, 6) is 0. The summed E-state index contributed by atoms with van der Waals surface area (Å²) in [5.41, 5.74) is 7.24. The maximum absolute atomic E-state index is 6.07. The lowest BCUT2D eigenvalue weighted by Gasteiger charge is -2.37. The molecule has 2 rings (SSSR count). The molecule has 2 heterocycles. The Morgan fingerprint density at radius 3 is 2.75 bits per heavy atom. The number of hydrogen-bond donors (Lipinski definition) is 1. The van der Waals surface area contributed by atoms with E-state index in [0.29, 0.717) is 6.04 Å². The van der Waals surface area contributed by atoms with Gasteiger partial charge in [0.25, 0.3) is 0 Å². The number of anilines is 1. The first kappa shape index (κ1) is 11.9. The minimum absolute atomic E-state index is 0.227. The Balaban J connectivity index is 2.23. The topological polar surface area (TPSA) is 42.2 Å². The molecule has 1 saturated heterocycles. The Labute approximate surface area is 102 Å². The van der Waals surface area contributed by atoms with Crippen LogP contribution in [0.1, 0.15) is 36.8 Å². The van der Waals surface area contributed by atoms with E-state index in [9.17, 15) is 0 Å². The standard InChI is InChI=1S/C12H21N3S/c1-8(13)11-6-4-5-7-15(11)12-14-9(2)10(3)16-12/h8,11H,4-7,13H2,1-3H3. The lowest BCUT2D eigenvalue weighted by molar-refractivity contribution is 0.413. The quantitative estimate of drug-likeness (QED) is 0.862. The summed E-state index contributed by atoms with van der Waals surface area (Å²) in [7, 11) is 0. The Morgan fingerprint density at radius 2 is 2.19 bits per heavy atom. The first-order chi connectivity index (χ1) is 7.59. The second-order valence-corrected chi connectivity index (χ2v) is 5.94. The van der Waals surface area contributed by atoms with Crippen LogP contribution in [0.15, 0.2) is 0 Å². The van der Waals surface area contributed by atoms with E-state index in [0.717, 1.165) is 17.4 Å². The van der Waals surface area contributed by atoms with Crippen LogP contribution in [0.5, 0.6) is 0 Å². The molecule has 1 aromatic rings. The number of aryl methyl sites for hydroxylation is 2. The number of hydrogen-bond acceptors (Lipinski definition) is 4. The Hall–Kier alpha value is -0.610. The van der Waals surface area contributed by atoms with E-state index in [2.05, 4.69) is 30.7 Å². The Bertz CT molecular complexity index is 340. The van der Waals surface area contributed by atoms with Gasteiger partial charge in [0.1, 0.15) is 0 Å². The number of rotatable bonds is 2. The lowest BCUT2D eigenvalue weighted by Crippen LogP contribution is -2.49. The molecule has 0 aromatic carbocycles. The van der Waals surface area contributed by atoms with Gasteiger partial charge >= 0.3 is 0 Å². The molecule has 3 nitrogen and oxygen atoms in total. The summed E-state index contributed by atoms with van der Waals surface area (Å²) in [6.45, 7) is 7.44. The van der Waals surface area contributed by atoms with Crippen molar-refractivity contribution < 1.29 is 0 Å². The molecular weight excluding hydrogens is 218 g/mol. The molecule has 0 bridgehead atoms. The van der Waals surface area contributed by atoms with E-state index in [-0.39, 0.29) is 6.04 Å². The fourth-order valence-corrected chi connectivity index (χ4v) is 3.31. The van der Waals surface area contributed by atoms with E-state index in [1.807, 2.05) is 0 Å². The van der Waals surface area contributed by atoms with Crippen LogP contribution in [0.25, 0.3) is 0 Å². The summed E-state index contributed by atoms with van der Waals surface area (Å²) in [6.07, 6.45) is 3.77. The first-order valence-corrected chi connectivity index (χ1v) is 6.87. The van der Waals surface area contributed by atoms with Gasteiger partial charge in [0.15, 0.2) is 5.13 Å². The molecule has 0 aliphatic carbocycles. The molecule has 1 fully saturated rings. The average Bonchev–Trinajstić information content (AvgIpc) is 2.59. The van der Waals surface area contributed by atoms with Crippen molar-refractivity contribution in [3.8, 4) is 0 Å². The SMILES string of the molecule is Cc1nc(N2CCCCC2C(C)N)sc1C. The maximum atomic E-state index is 6.07. The summed E-state index contributed by atoms with van der Waals surface area (Å²) < 4.78 is 0. The van der Waals surface area contributed by atoms with E-state index >= 15 is 0 Å². The van der Waals surface area contributed by atoms with Crippen LogP contribution in [0.4, 0.5) is 5.13 Å². The highest BCUT2D eigenvalue weighted by Gasteiger charge is 2.27. The number of nitrogens with zero attached hydrogens (tertiary/aromatic N) is 2. The second kappa shape index (κ2) is 4.72. The predicted octanol–water partition coefficient (Wildman–Crippen LogP) is 2.47. The molecule has 16 heavy (non-hydrogen) atoms. The zero-order valence-corrected chi connectivity index (χ0v) is 11.2. The molecule has 2 atom stereocenters. The van der Waals surface area contributed by atoms with Gasteiger partial charge in [-0.05, 0) is 40.0 Å². The summed E-state index contributed by atoms with van der Waals surface area (Å²) in [6, 6.07) is 0.698. The van der Waals surface area contributed by atoms with Gasteiger partial charge in [-0.25, -0.2) is 4.98 Å². The van der Waals surface area contributed by atoms with Crippen molar-refractivity contribution in [2.24, 2.45) is 5.73 Å². The van der Waals surface area contributed by atoms with Gasteiger partial charge in [-0.1, -0.05) is 0 Å². The zero-order chi connectivity index (χ0) is 11.7. The van der Waals surface area contributed by atoms with Gasteiger partial charge in [-0.3, -0.25) is 0 Å². The number of thiazole rings is 1. The summed E-state index contributed by atoms with van der Waals surface area (Å²) in [4.78, 5) is 8.39. The van der Waals surface area contributed by atoms with Crippen LogP contribution in [0.2, 0.25) is 0 Å². The molecule has 0 saturated carbocycles. The summed E-state index contributed by atoms with van der Waals surface area (Å²) in [5, 5.41) is 1.16. The molecule has 90 valence electrons. The predicted molar refractivity (Wildman–Crippen MR) is 70.2 cm³/mol. The number of nitrogens with two attached hydrogens (primary N) is 1. The van der Waals surface area contributed by atoms with E-state index in [1.54, 1.807) is 11.3 Å². The highest BCUT2D eigenvalue weighted by Crippen LogP contribution is 2.31. The smallest absolute Gasteiger partial charge is 0.186 e. The molecular formula is C12H21N3S. The van der Waals surface area contributed by atoms with Crippen molar-refractivity contribution in [1.29, 1.82) is 0 Å². The van der Waals surface area contributed by atoms with Crippen LogP contribution in [-0.4, -0.2) is 23.6 Å². The number of aromatic nitrogens is 1. The number of piperidine rings is 1. The van der Waals surface area contributed by atoms with Crippen LogP contribution in [-0.2, 0) is 0 Å². The third-order valence-electron chi connectivity index (χ3n) is 3.42. The van der Waals surface area contributed by atoms with Crippen molar-refractivity contribution in [1.82, 2.24) is 4.98 Å². The van der Waals surface area contributed by atoms with E-state index < -0.39 is 0 Å². The molecule has 1 aromatic heterocycles. The molecule has 0 spiro atoms. The van der Waals surface area contributed by atoms with E-state index in [1.165, 1.54) is 24.1 Å². The monoisotopic (exact) mass is 239 g/mol. The minimum atomic E-state index is 0.227. The third-order valence-corrected chi connectivity index (χ3v) is 4.53. The van der Waals surface area contributed by atoms with E-state index in [4.69, 9.17) is 5.73 Å². The summed E-state index contributed by atoms with van der Waals surface area (Å²) >= 11 is 1.80. The van der Waals surface area contributed by atoms with Gasteiger partial charge in [0, 0.05) is 23.5 Å². The van der Waals surface area contributed by atoms with Crippen molar-refractivity contribution >= 4 is 16.5 Å².